The Hall–Kier alpha value is -2.99. The van der Waals surface area contributed by atoms with Crippen molar-refractivity contribution in [2.75, 3.05) is 19.6 Å². The third-order valence-corrected chi connectivity index (χ3v) is 7.03. The molecule has 1 aliphatic heterocycles. The van der Waals surface area contributed by atoms with Crippen molar-refractivity contribution >= 4 is 23.2 Å². The number of thiophene rings is 1. The van der Waals surface area contributed by atoms with E-state index >= 15 is 0 Å². The molecule has 1 fully saturated rings. The van der Waals surface area contributed by atoms with E-state index in [1.165, 1.54) is 10.4 Å². The molecule has 5 nitrogen and oxygen atoms in total. The Morgan fingerprint density at radius 2 is 1.97 bits per heavy atom. The maximum Gasteiger partial charge on any atom is 0.228 e. The minimum absolute atomic E-state index is 0.0325. The van der Waals surface area contributed by atoms with Gasteiger partial charge in [0.25, 0.3) is 0 Å². The molecular weight excluding hydrogens is 418 g/mol. The molecule has 1 N–H and O–H groups in total. The van der Waals surface area contributed by atoms with Gasteiger partial charge in [-0.2, -0.15) is 0 Å². The number of rotatable bonds is 7. The minimum Gasteiger partial charge on any atom is -0.356 e. The molecule has 166 valence electrons. The minimum atomic E-state index is -0.613. The van der Waals surface area contributed by atoms with Crippen LogP contribution in [0.2, 0.25) is 0 Å². The number of likely N-dealkylation sites (tertiary alicyclic amines) is 1. The van der Waals surface area contributed by atoms with Crippen LogP contribution < -0.4 is 5.32 Å². The third kappa shape index (κ3) is 5.07. The average molecular weight is 448 g/mol. The SMILES string of the molecule is CCNC(=O)[C@@]1(Cc2ccc(-c3cccs3)cc2)CCCN(C(=O)Cc2ccccn2)C1. The normalized spacial score (nSPS) is 18.3. The van der Waals surface area contributed by atoms with E-state index in [1.807, 2.05) is 30.0 Å². The molecule has 0 unspecified atom stereocenters. The zero-order chi connectivity index (χ0) is 22.4. The lowest BCUT2D eigenvalue weighted by Crippen LogP contribution is -2.54. The first-order valence-corrected chi connectivity index (χ1v) is 12.1. The Morgan fingerprint density at radius 3 is 2.66 bits per heavy atom. The summed E-state index contributed by atoms with van der Waals surface area (Å²) in [6.07, 6.45) is 4.19. The van der Waals surface area contributed by atoms with Gasteiger partial charge in [0.1, 0.15) is 0 Å². The Labute approximate surface area is 193 Å². The molecule has 3 aromatic rings. The highest BCUT2D eigenvalue weighted by Crippen LogP contribution is 2.35. The van der Waals surface area contributed by atoms with Crippen LogP contribution in [0.25, 0.3) is 10.4 Å². The number of benzene rings is 1. The summed E-state index contributed by atoms with van der Waals surface area (Å²) in [7, 11) is 0. The van der Waals surface area contributed by atoms with Crippen molar-refractivity contribution in [3.05, 3.63) is 77.4 Å². The lowest BCUT2D eigenvalue weighted by atomic mass is 9.74. The maximum atomic E-state index is 13.2. The Morgan fingerprint density at radius 1 is 1.12 bits per heavy atom. The highest BCUT2D eigenvalue weighted by Gasteiger charge is 2.43. The molecule has 2 amide bonds. The molecule has 3 heterocycles. The molecule has 6 heteroatoms. The van der Waals surface area contributed by atoms with Crippen LogP contribution in [0.15, 0.2) is 66.2 Å². The number of amides is 2. The summed E-state index contributed by atoms with van der Waals surface area (Å²) in [6.45, 7) is 3.65. The summed E-state index contributed by atoms with van der Waals surface area (Å²) in [5.41, 5.74) is 2.46. The lowest BCUT2D eigenvalue weighted by Gasteiger charge is -2.42. The van der Waals surface area contributed by atoms with E-state index in [4.69, 9.17) is 0 Å². The van der Waals surface area contributed by atoms with Gasteiger partial charge in [-0.15, -0.1) is 11.3 Å². The van der Waals surface area contributed by atoms with Gasteiger partial charge >= 0.3 is 0 Å². The second-order valence-corrected chi connectivity index (χ2v) is 9.36. The summed E-state index contributed by atoms with van der Waals surface area (Å²) < 4.78 is 0. The number of carbonyl (C=O) groups excluding carboxylic acids is 2. The standard InChI is InChI=1S/C26H29N3O2S/c1-2-27-25(31)26(18-20-9-11-21(12-10-20)23-8-5-16-32-23)13-6-15-29(19-26)24(30)17-22-7-3-4-14-28-22/h3-5,7-12,14,16H,2,6,13,15,17-19H2,1H3,(H,27,31)/t26-/m1/s1. The van der Waals surface area contributed by atoms with E-state index in [-0.39, 0.29) is 18.2 Å². The number of nitrogens with one attached hydrogen (secondary N) is 1. The second-order valence-electron chi connectivity index (χ2n) is 8.41. The van der Waals surface area contributed by atoms with Crippen LogP contribution in [0.5, 0.6) is 0 Å². The first-order valence-electron chi connectivity index (χ1n) is 11.2. The van der Waals surface area contributed by atoms with Crippen LogP contribution in [0, 0.1) is 5.41 Å². The van der Waals surface area contributed by atoms with Gasteiger partial charge in [0.15, 0.2) is 0 Å². The molecule has 0 aliphatic carbocycles. The van der Waals surface area contributed by atoms with Crippen molar-refractivity contribution in [2.24, 2.45) is 5.41 Å². The van der Waals surface area contributed by atoms with Crippen molar-refractivity contribution < 1.29 is 9.59 Å². The molecule has 0 bridgehead atoms. The molecule has 4 rings (SSSR count). The van der Waals surface area contributed by atoms with Crippen LogP contribution in [0.4, 0.5) is 0 Å². The van der Waals surface area contributed by atoms with Crippen molar-refractivity contribution in [1.29, 1.82) is 0 Å². The van der Waals surface area contributed by atoms with Gasteiger partial charge in [-0.3, -0.25) is 14.6 Å². The fourth-order valence-electron chi connectivity index (χ4n) is 4.49. The maximum absolute atomic E-state index is 13.2. The van der Waals surface area contributed by atoms with E-state index in [9.17, 15) is 9.59 Å². The van der Waals surface area contributed by atoms with Gasteiger partial charge in [0, 0.05) is 36.4 Å². The topological polar surface area (TPSA) is 62.3 Å². The Balaban J connectivity index is 1.53. The molecule has 1 atom stereocenters. The van der Waals surface area contributed by atoms with Gasteiger partial charge in [0.2, 0.25) is 11.8 Å². The first kappa shape index (κ1) is 22.2. The van der Waals surface area contributed by atoms with E-state index in [2.05, 4.69) is 52.1 Å². The predicted molar refractivity (Wildman–Crippen MR) is 128 cm³/mol. The molecule has 1 aliphatic rings. The average Bonchev–Trinajstić information content (AvgIpc) is 3.36. The molecule has 2 aromatic heterocycles. The number of piperidine rings is 1. The zero-order valence-electron chi connectivity index (χ0n) is 18.4. The number of hydrogen-bond acceptors (Lipinski definition) is 4. The monoisotopic (exact) mass is 447 g/mol. The van der Waals surface area contributed by atoms with Crippen LogP contribution in [0.3, 0.4) is 0 Å². The molecule has 1 aromatic carbocycles. The van der Waals surface area contributed by atoms with Gasteiger partial charge < -0.3 is 10.2 Å². The Kier molecular flexibility index (Phi) is 7.00. The number of nitrogens with zero attached hydrogens (tertiary/aromatic N) is 2. The summed E-state index contributed by atoms with van der Waals surface area (Å²) in [6, 6.07) is 18.3. The molecule has 0 radical (unpaired) electrons. The second kappa shape index (κ2) is 10.1. The van der Waals surface area contributed by atoms with Crippen molar-refractivity contribution in [2.45, 2.75) is 32.6 Å². The quantitative estimate of drug-likeness (QED) is 0.586. The van der Waals surface area contributed by atoms with E-state index in [1.54, 1.807) is 17.5 Å². The number of aromatic nitrogens is 1. The van der Waals surface area contributed by atoms with Crippen molar-refractivity contribution in [1.82, 2.24) is 15.2 Å². The number of pyridine rings is 1. The van der Waals surface area contributed by atoms with Crippen LogP contribution in [0.1, 0.15) is 31.0 Å². The highest BCUT2D eigenvalue weighted by atomic mass is 32.1. The summed E-state index contributed by atoms with van der Waals surface area (Å²) in [4.78, 5) is 33.6. The lowest BCUT2D eigenvalue weighted by molar-refractivity contribution is -0.141. The number of hydrogen-bond donors (Lipinski definition) is 1. The van der Waals surface area contributed by atoms with E-state index < -0.39 is 5.41 Å². The smallest absolute Gasteiger partial charge is 0.228 e. The van der Waals surface area contributed by atoms with Crippen molar-refractivity contribution in [3.63, 3.8) is 0 Å². The van der Waals surface area contributed by atoms with Crippen molar-refractivity contribution in [3.8, 4) is 10.4 Å². The van der Waals surface area contributed by atoms with Crippen LogP contribution in [-0.4, -0.2) is 41.3 Å². The first-order chi connectivity index (χ1) is 15.6. The summed E-state index contributed by atoms with van der Waals surface area (Å²) in [5, 5.41) is 5.11. The highest BCUT2D eigenvalue weighted by molar-refractivity contribution is 7.13. The van der Waals surface area contributed by atoms with Gasteiger partial charge in [0.05, 0.1) is 11.8 Å². The molecule has 1 saturated heterocycles. The summed E-state index contributed by atoms with van der Waals surface area (Å²) >= 11 is 1.72. The zero-order valence-corrected chi connectivity index (χ0v) is 19.2. The molecule has 0 saturated carbocycles. The van der Waals surface area contributed by atoms with E-state index in [0.29, 0.717) is 26.1 Å². The van der Waals surface area contributed by atoms with Gasteiger partial charge in [-0.25, -0.2) is 0 Å². The van der Waals surface area contributed by atoms with Gasteiger partial charge in [-0.1, -0.05) is 36.4 Å². The molecule has 32 heavy (non-hydrogen) atoms. The summed E-state index contributed by atoms with van der Waals surface area (Å²) in [5.74, 6) is 0.0720. The fraction of sp³-hybridized carbons (Fsp3) is 0.346. The molecular formula is C26H29N3O2S. The van der Waals surface area contributed by atoms with Crippen LogP contribution >= 0.6 is 11.3 Å². The third-order valence-electron chi connectivity index (χ3n) is 6.11. The fourth-order valence-corrected chi connectivity index (χ4v) is 5.23. The van der Waals surface area contributed by atoms with E-state index in [0.717, 1.165) is 24.1 Å². The predicted octanol–water partition coefficient (Wildman–Crippen LogP) is 4.34. The van der Waals surface area contributed by atoms with Gasteiger partial charge in [-0.05, 0) is 60.9 Å². The Bertz CT molecular complexity index is 1030. The molecule has 0 spiro atoms. The number of carbonyl (C=O) groups is 2. The van der Waals surface area contributed by atoms with Crippen LogP contribution in [-0.2, 0) is 22.4 Å². The largest absolute Gasteiger partial charge is 0.356 e.